The zero-order valence-electron chi connectivity index (χ0n) is 19.2. The lowest BCUT2D eigenvalue weighted by Gasteiger charge is -2.26. The van der Waals surface area contributed by atoms with Gasteiger partial charge in [-0.1, -0.05) is 24.3 Å². The Labute approximate surface area is 207 Å². The highest BCUT2D eigenvalue weighted by Crippen LogP contribution is 2.37. The fourth-order valence-corrected chi connectivity index (χ4v) is 4.93. The molecule has 178 valence electrons. The number of anilines is 1. The smallest absolute Gasteiger partial charge is 0.410 e. The number of carbonyl (C=O) groups is 2. The van der Waals surface area contributed by atoms with Gasteiger partial charge in [-0.15, -0.1) is 11.3 Å². The second kappa shape index (κ2) is 11.3. The summed E-state index contributed by atoms with van der Waals surface area (Å²) in [5.41, 5.74) is 2.92. The summed E-state index contributed by atoms with van der Waals surface area (Å²) in [7, 11) is 0. The molecule has 0 bridgehead atoms. The van der Waals surface area contributed by atoms with E-state index in [4.69, 9.17) is 9.47 Å². The van der Waals surface area contributed by atoms with Gasteiger partial charge >= 0.3 is 6.09 Å². The topological polar surface area (TPSA) is 105 Å². The minimum Gasteiger partial charge on any atom is -0.493 e. The Balaban J connectivity index is 1.41. The first-order chi connectivity index (χ1) is 17.1. The number of nitriles is 1. The van der Waals surface area contributed by atoms with Gasteiger partial charge in [0, 0.05) is 41.0 Å². The molecular weight excluding hydrogens is 464 g/mol. The summed E-state index contributed by atoms with van der Waals surface area (Å²) in [4.78, 5) is 31.6. The van der Waals surface area contributed by atoms with E-state index in [-0.39, 0.29) is 12.5 Å². The maximum atomic E-state index is 12.6. The number of pyridine rings is 1. The van der Waals surface area contributed by atoms with Gasteiger partial charge in [0.1, 0.15) is 23.4 Å². The van der Waals surface area contributed by atoms with Gasteiger partial charge in [0.25, 0.3) is 0 Å². The van der Waals surface area contributed by atoms with Gasteiger partial charge in [0.15, 0.2) is 0 Å². The van der Waals surface area contributed by atoms with Crippen molar-refractivity contribution in [3.8, 4) is 11.8 Å². The molecule has 2 aromatic heterocycles. The Hall–Kier alpha value is -4.16. The van der Waals surface area contributed by atoms with Crippen LogP contribution in [0, 0.1) is 11.3 Å². The van der Waals surface area contributed by atoms with E-state index in [1.54, 1.807) is 29.4 Å². The molecule has 0 radical (unpaired) electrons. The lowest BCUT2D eigenvalue weighted by Crippen LogP contribution is -2.35. The molecule has 0 aliphatic carbocycles. The summed E-state index contributed by atoms with van der Waals surface area (Å²) in [5.74, 6) is 0.345. The van der Waals surface area contributed by atoms with Gasteiger partial charge in [-0.25, -0.2) is 4.79 Å². The molecule has 1 aliphatic rings. The largest absolute Gasteiger partial charge is 0.493 e. The zero-order chi connectivity index (χ0) is 24.6. The highest BCUT2D eigenvalue weighted by atomic mass is 32.1. The number of amides is 2. The summed E-state index contributed by atoms with van der Waals surface area (Å²) < 4.78 is 11.0. The summed E-state index contributed by atoms with van der Waals surface area (Å²) >= 11 is 1.31. The lowest BCUT2D eigenvalue weighted by atomic mass is 10.0. The third-order valence-corrected chi connectivity index (χ3v) is 6.51. The van der Waals surface area contributed by atoms with Gasteiger partial charge in [0.05, 0.1) is 18.7 Å². The number of fused-ring (bicyclic) bond motifs is 1. The van der Waals surface area contributed by atoms with Crippen LogP contribution in [0.3, 0.4) is 0 Å². The standard InChI is InChI=1S/C26H24N4O4S/c1-2-33-22-8-4-3-7-19(22)9-10-24(31)29-25-21(14-27)20-11-13-30(16-23(20)35-25)26(32)34-17-18-6-5-12-28-15-18/h3-10,12,15H,2,11,13,16-17H2,1H3,(H,29,31). The number of para-hydroxylation sites is 1. The van der Waals surface area contributed by atoms with Crippen LogP contribution in [0.25, 0.3) is 6.08 Å². The first-order valence-electron chi connectivity index (χ1n) is 11.1. The summed E-state index contributed by atoms with van der Waals surface area (Å²) in [6.07, 6.45) is 6.50. The number of rotatable bonds is 7. The molecule has 4 rings (SSSR count). The molecular formula is C26H24N4O4S. The van der Waals surface area contributed by atoms with Crippen LogP contribution in [-0.2, 0) is 29.1 Å². The number of aromatic nitrogens is 1. The molecule has 0 spiro atoms. The first kappa shape index (κ1) is 24.0. The Kier molecular flexibility index (Phi) is 7.75. The molecule has 1 aliphatic heterocycles. The predicted octanol–water partition coefficient (Wildman–Crippen LogP) is 4.76. The summed E-state index contributed by atoms with van der Waals surface area (Å²) in [6, 6.07) is 13.3. The Morgan fingerprint density at radius 2 is 2.14 bits per heavy atom. The van der Waals surface area contributed by atoms with Crippen molar-refractivity contribution in [1.29, 1.82) is 5.26 Å². The zero-order valence-corrected chi connectivity index (χ0v) is 20.0. The van der Waals surface area contributed by atoms with E-state index in [2.05, 4.69) is 16.4 Å². The van der Waals surface area contributed by atoms with Crippen molar-refractivity contribution in [1.82, 2.24) is 9.88 Å². The van der Waals surface area contributed by atoms with E-state index in [1.807, 2.05) is 37.3 Å². The van der Waals surface area contributed by atoms with Crippen molar-refractivity contribution in [2.75, 3.05) is 18.5 Å². The van der Waals surface area contributed by atoms with Gasteiger partial charge in [-0.3, -0.25) is 9.78 Å². The van der Waals surface area contributed by atoms with Crippen molar-refractivity contribution in [2.24, 2.45) is 0 Å². The number of nitrogens with one attached hydrogen (secondary N) is 1. The highest BCUT2D eigenvalue weighted by Gasteiger charge is 2.28. The van der Waals surface area contributed by atoms with Crippen LogP contribution in [0.2, 0.25) is 0 Å². The van der Waals surface area contributed by atoms with Crippen molar-refractivity contribution in [3.05, 3.63) is 82.0 Å². The van der Waals surface area contributed by atoms with Crippen LogP contribution in [0.15, 0.2) is 54.9 Å². The average molecular weight is 489 g/mol. The van der Waals surface area contributed by atoms with Crippen LogP contribution in [0.4, 0.5) is 9.80 Å². The summed E-state index contributed by atoms with van der Waals surface area (Å²) in [6.45, 7) is 3.33. The van der Waals surface area contributed by atoms with E-state index in [9.17, 15) is 14.9 Å². The van der Waals surface area contributed by atoms with E-state index < -0.39 is 6.09 Å². The average Bonchev–Trinajstić information content (AvgIpc) is 3.23. The van der Waals surface area contributed by atoms with Crippen molar-refractivity contribution >= 4 is 34.4 Å². The van der Waals surface area contributed by atoms with Gasteiger partial charge in [0.2, 0.25) is 5.91 Å². The number of carbonyl (C=O) groups excluding carboxylic acids is 2. The van der Waals surface area contributed by atoms with Crippen molar-refractivity contribution < 1.29 is 19.1 Å². The molecule has 3 heterocycles. The predicted molar refractivity (Wildman–Crippen MR) is 133 cm³/mol. The van der Waals surface area contributed by atoms with Crippen LogP contribution in [-0.4, -0.2) is 35.0 Å². The third kappa shape index (κ3) is 5.86. The molecule has 1 N–H and O–H groups in total. The fraction of sp³-hybridized carbons (Fsp3) is 0.231. The molecule has 9 heteroatoms. The molecule has 0 atom stereocenters. The van der Waals surface area contributed by atoms with E-state index in [1.165, 1.54) is 17.4 Å². The van der Waals surface area contributed by atoms with Crippen molar-refractivity contribution in [2.45, 2.75) is 26.5 Å². The quantitative estimate of drug-likeness (QED) is 0.481. The molecule has 0 fully saturated rings. The highest BCUT2D eigenvalue weighted by molar-refractivity contribution is 7.16. The summed E-state index contributed by atoms with van der Waals surface area (Å²) in [5, 5.41) is 13.0. The van der Waals surface area contributed by atoms with Crippen LogP contribution in [0.5, 0.6) is 5.75 Å². The normalized spacial score (nSPS) is 12.6. The molecule has 0 unspecified atom stereocenters. The third-order valence-electron chi connectivity index (χ3n) is 5.38. The minimum absolute atomic E-state index is 0.143. The monoisotopic (exact) mass is 488 g/mol. The van der Waals surface area contributed by atoms with Gasteiger partial charge < -0.3 is 19.7 Å². The van der Waals surface area contributed by atoms with Gasteiger partial charge in [-0.2, -0.15) is 5.26 Å². The second-order valence-electron chi connectivity index (χ2n) is 7.70. The molecule has 0 saturated heterocycles. The first-order valence-corrected chi connectivity index (χ1v) is 12.0. The van der Waals surface area contributed by atoms with Crippen LogP contribution >= 0.6 is 11.3 Å². The van der Waals surface area contributed by atoms with Gasteiger partial charge in [-0.05, 0) is 37.1 Å². The van der Waals surface area contributed by atoms with Crippen molar-refractivity contribution in [3.63, 3.8) is 0 Å². The van der Waals surface area contributed by atoms with E-state index in [0.29, 0.717) is 42.4 Å². The molecule has 0 saturated carbocycles. The molecule has 1 aromatic carbocycles. The fourth-order valence-electron chi connectivity index (χ4n) is 3.71. The maximum absolute atomic E-state index is 12.6. The van der Waals surface area contributed by atoms with Crippen LogP contribution < -0.4 is 10.1 Å². The Morgan fingerprint density at radius 1 is 1.29 bits per heavy atom. The Morgan fingerprint density at radius 3 is 2.91 bits per heavy atom. The number of ether oxygens (including phenoxy) is 2. The lowest BCUT2D eigenvalue weighted by molar-refractivity contribution is -0.111. The number of benzene rings is 1. The SMILES string of the molecule is CCOc1ccccc1C=CC(=O)Nc1sc2c(c1C#N)CCN(C(=O)OCc1cccnc1)C2. The van der Waals surface area contributed by atoms with E-state index >= 15 is 0 Å². The number of hydrogen-bond donors (Lipinski definition) is 1. The maximum Gasteiger partial charge on any atom is 0.410 e. The number of thiophene rings is 1. The molecule has 3 aromatic rings. The molecule has 35 heavy (non-hydrogen) atoms. The second-order valence-corrected chi connectivity index (χ2v) is 8.81. The molecule has 2 amide bonds. The van der Waals surface area contributed by atoms with Crippen LogP contribution in [0.1, 0.15) is 34.1 Å². The molecule has 8 nitrogen and oxygen atoms in total. The number of hydrogen-bond acceptors (Lipinski definition) is 7. The Bertz CT molecular complexity index is 1280. The minimum atomic E-state index is -0.423. The van der Waals surface area contributed by atoms with E-state index in [0.717, 1.165) is 21.6 Å². The number of nitrogens with zero attached hydrogens (tertiary/aromatic N) is 3.